The molecule has 0 unspecified atom stereocenters. The predicted octanol–water partition coefficient (Wildman–Crippen LogP) is 0.648. The smallest absolute Gasteiger partial charge is 0.372 e. The molecule has 1 heterocycles. The first kappa shape index (κ1) is 8.86. The fourth-order valence-corrected chi connectivity index (χ4v) is 1.47. The zero-order chi connectivity index (χ0) is 9.14. The monoisotopic (exact) mass is 185 g/mol. The lowest BCUT2D eigenvalue weighted by Gasteiger charge is -1.88. The van der Waals surface area contributed by atoms with E-state index in [1.807, 2.05) is 0 Å². The number of aliphatic carboxylic acids is 1. The molecule has 12 heavy (non-hydrogen) atoms. The van der Waals surface area contributed by atoms with E-state index < -0.39 is 11.8 Å². The van der Waals surface area contributed by atoms with Crippen molar-refractivity contribution in [1.82, 2.24) is 4.98 Å². The summed E-state index contributed by atoms with van der Waals surface area (Å²) >= 11 is 1.30. The van der Waals surface area contributed by atoms with Gasteiger partial charge in [0, 0.05) is 11.1 Å². The number of hydrogen-bond acceptors (Lipinski definition) is 4. The summed E-state index contributed by atoms with van der Waals surface area (Å²) in [6.07, 6.45) is -0.103. The van der Waals surface area contributed by atoms with Crippen LogP contribution in [-0.2, 0) is 16.0 Å². The second-order valence-electron chi connectivity index (χ2n) is 2.29. The van der Waals surface area contributed by atoms with Crippen LogP contribution < -0.4 is 0 Å². The van der Waals surface area contributed by atoms with Crippen molar-refractivity contribution in [3.05, 3.63) is 16.1 Å². The molecule has 1 N–H and O–H groups in total. The molecule has 0 bridgehead atoms. The molecule has 0 aliphatic carbocycles. The van der Waals surface area contributed by atoms with Crippen LogP contribution in [0.2, 0.25) is 0 Å². The van der Waals surface area contributed by atoms with Gasteiger partial charge in [0.2, 0.25) is 5.78 Å². The lowest BCUT2D eigenvalue weighted by atomic mass is 10.3. The van der Waals surface area contributed by atoms with Gasteiger partial charge in [-0.05, 0) is 6.92 Å². The van der Waals surface area contributed by atoms with Gasteiger partial charge in [0.05, 0.1) is 6.42 Å². The highest BCUT2D eigenvalue weighted by Crippen LogP contribution is 2.09. The predicted molar refractivity (Wildman–Crippen MR) is 43.2 cm³/mol. The molecule has 1 aromatic rings. The maximum Gasteiger partial charge on any atom is 0.372 e. The van der Waals surface area contributed by atoms with Crippen molar-refractivity contribution >= 4 is 23.1 Å². The number of aromatic nitrogens is 1. The van der Waals surface area contributed by atoms with Gasteiger partial charge in [-0.2, -0.15) is 0 Å². The molecule has 5 heteroatoms. The summed E-state index contributed by atoms with van der Waals surface area (Å²) in [7, 11) is 0. The van der Waals surface area contributed by atoms with Crippen molar-refractivity contribution < 1.29 is 14.7 Å². The lowest BCUT2D eigenvalue weighted by molar-refractivity contribution is -0.148. The third-order valence-corrected chi connectivity index (χ3v) is 2.18. The first-order chi connectivity index (χ1) is 5.59. The molecule has 0 aromatic carbocycles. The average Bonchev–Trinajstić information content (AvgIpc) is 2.35. The zero-order valence-corrected chi connectivity index (χ0v) is 7.22. The minimum atomic E-state index is -1.40. The Labute approximate surface area is 72.9 Å². The van der Waals surface area contributed by atoms with Crippen LogP contribution in [0.4, 0.5) is 0 Å². The molecule has 0 saturated carbocycles. The summed E-state index contributed by atoms with van der Waals surface area (Å²) in [5.74, 6) is -2.22. The first-order valence-electron chi connectivity index (χ1n) is 3.26. The third-order valence-electron chi connectivity index (χ3n) is 1.22. The van der Waals surface area contributed by atoms with Crippen molar-refractivity contribution in [1.29, 1.82) is 0 Å². The second-order valence-corrected chi connectivity index (χ2v) is 3.23. The highest BCUT2D eigenvalue weighted by atomic mass is 32.1. The second kappa shape index (κ2) is 3.44. The Kier molecular flexibility index (Phi) is 2.54. The molecule has 0 amide bonds. The molecule has 0 atom stereocenters. The minimum Gasteiger partial charge on any atom is -0.475 e. The molecule has 1 aromatic heterocycles. The maximum absolute atomic E-state index is 10.7. The molecule has 1 rings (SSSR count). The number of rotatable bonds is 3. The van der Waals surface area contributed by atoms with Gasteiger partial charge in [0.15, 0.2) is 0 Å². The molecule has 0 saturated heterocycles. The van der Waals surface area contributed by atoms with Crippen LogP contribution in [0.1, 0.15) is 10.7 Å². The number of carboxylic acid groups (broad SMARTS) is 1. The summed E-state index contributed by atoms with van der Waals surface area (Å²) in [5, 5.41) is 10.6. The van der Waals surface area contributed by atoms with Crippen molar-refractivity contribution in [2.24, 2.45) is 0 Å². The van der Waals surface area contributed by atoms with Crippen LogP contribution in [0.5, 0.6) is 0 Å². The minimum absolute atomic E-state index is 0.103. The quantitative estimate of drug-likeness (QED) is 0.702. The highest BCUT2D eigenvalue weighted by molar-refractivity contribution is 7.09. The number of ketones is 1. The first-order valence-corrected chi connectivity index (χ1v) is 4.14. The largest absolute Gasteiger partial charge is 0.475 e. The van der Waals surface area contributed by atoms with Gasteiger partial charge >= 0.3 is 5.97 Å². The van der Waals surface area contributed by atoms with E-state index in [2.05, 4.69) is 4.98 Å². The number of nitrogens with zero attached hydrogens (tertiary/aromatic N) is 1. The van der Waals surface area contributed by atoms with Crippen molar-refractivity contribution in [3.8, 4) is 0 Å². The fourth-order valence-electron chi connectivity index (χ4n) is 0.697. The van der Waals surface area contributed by atoms with Gasteiger partial charge in [0.25, 0.3) is 0 Å². The van der Waals surface area contributed by atoms with E-state index in [4.69, 9.17) is 5.11 Å². The van der Waals surface area contributed by atoms with Gasteiger partial charge < -0.3 is 5.11 Å². The van der Waals surface area contributed by atoms with Crippen LogP contribution in [0, 0.1) is 6.92 Å². The summed E-state index contributed by atoms with van der Waals surface area (Å²) in [6, 6.07) is 0. The number of hydrogen-bond donors (Lipinski definition) is 1. The highest BCUT2D eigenvalue weighted by Gasteiger charge is 2.13. The Hall–Kier alpha value is -1.23. The topological polar surface area (TPSA) is 67.3 Å². The van der Waals surface area contributed by atoms with Crippen LogP contribution in [0.3, 0.4) is 0 Å². The Morgan fingerprint density at radius 3 is 2.75 bits per heavy atom. The molecule has 0 radical (unpaired) electrons. The Morgan fingerprint density at radius 1 is 1.67 bits per heavy atom. The zero-order valence-electron chi connectivity index (χ0n) is 6.40. The molecular weight excluding hydrogens is 178 g/mol. The van der Waals surface area contributed by atoms with Crippen LogP contribution in [-0.4, -0.2) is 21.8 Å². The molecule has 0 fully saturated rings. The van der Waals surface area contributed by atoms with E-state index in [-0.39, 0.29) is 6.42 Å². The molecular formula is C7H7NO3S. The molecule has 0 aliphatic heterocycles. The van der Waals surface area contributed by atoms with E-state index in [1.54, 1.807) is 12.3 Å². The Bertz CT molecular complexity index is 318. The third kappa shape index (κ3) is 2.13. The number of aryl methyl sites for hydroxylation is 1. The standard InChI is InChI=1S/C7H7NO3S/c1-4-3-12-6(8-4)2-5(9)7(10)11/h3H,2H2,1H3,(H,10,11). The number of carbonyl (C=O) groups excluding carboxylic acids is 1. The van der Waals surface area contributed by atoms with Crippen LogP contribution in [0.25, 0.3) is 0 Å². The van der Waals surface area contributed by atoms with Gasteiger partial charge in [0.1, 0.15) is 5.01 Å². The molecule has 4 nitrogen and oxygen atoms in total. The van der Waals surface area contributed by atoms with Gasteiger partial charge in [-0.15, -0.1) is 11.3 Å². The Morgan fingerprint density at radius 2 is 2.33 bits per heavy atom. The normalized spacial score (nSPS) is 9.75. The van der Waals surface area contributed by atoms with Gasteiger partial charge in [-0.1, -0.05) is 0 Å². The Balaban J connectivity index is 2.64. The van der Waals surface area contributed by atoms with E-state index in [0.717, 1.165) is 5.69 Å². The van der Waals surface area contributed by atoms with Gasteiger partial charge in [-0.3, -0.25) is 4.79 Å². The summed E-state index contributed by atoms with van der Waals surface area (Å²) in [4.78, 5) is 24.8. The average molecular weight is 185 g/mol. The molecule has 0 aliphatic rings. The number of carboxylic acids is 1. The van der Waals surface area contributed by atoms with Crippen molar-refractivity contribution in [2.45, 2.75) is 13.3 Å². The summed E-state index contributed by atoms with van der Waals surface area (Å²) < 4.78 is 0. The fraction of sp³-hybridized carbons (Fsp3) is 0.286. The number of carbonyl (C=O) groups is 2. The summed E-state index contributed by atoms with van der Waals surface area (Å²) in [6.45, 7) is 1.80. The maximum atomic E-state index is 10.7. The lowest BCUT2D eigenvalue weighted by Crippen LogP contribution is -2.14. The number of Topliss-reactive ketones (excluding diaryl/α,β-unsaturated/α-hetero) is 1. The van der Waals surface area contributed by atoms with E-state index in [9.17, 15) is 9.59 Å². The molecule has 0 spiro atoms. The van der Waals surface area contributed by atoms with Crippen LogP contribution >= 0.6 is 11.3 Å². The van der Waals surface area contributed by atoms with Crippen molar-refractivity contribution in [3.63, 3.8) is 0 Å². The SMILES string of the molecule is Cc1csc(CC(=O)C(=O)O)n1. The van der Waals surface area contributed by atoms with E-state index in [0.29, 0.717) is 5.01 Å². The van der Waals surface area contributed by atoms with E-state index in [1.165, 1.54) is 11.3 Å². The van der Waals surface area contributed by atoms with Gasteiger partial charge in [-0.25, -0.2) is 9.78 Å². The molecule has 64 valence electrons. The van der Waals surface area contributed by atoms with Crippen molar-refractivity contribution in [2.75, 3.05) is 0 Å². The van der Waals surface area contributed by atoms with E-state index >= 15 is 0 Å². The summed E-state index contributed by atoms with van der Waals surface area (Å²) in [5.41, 5.74) is 0.813. The van der Waals surface area contributed by atoms with Crippen LogP contribution in [0.15, 0.2) is 5.38 Å². The number of thiazole rings is 1.